The number of rotatable bonds is 55. The van der Waals surface area contributed by atoms with Crippen molar-refractivity contribution in [2.45, 2.75) is 353 Å². The molecule has 1 aliphatic rings. The van der Waals surface area contributed by atoms with Crippen molar-refractivity contribution in [3.8, 4) is 0 Å². The highest BCUT2D eigenvalue weighted by Gasteiger charge is 2.50. The van der Waals surface area contributed by atoms with Crippen LogP contribution in [0.15, 0.2) is 12.2 Å². The predicted molar refractivity (Wildman–Crippen MR) is 304 cm³/mol. The number of carbonyl (C=O) groups excluding carboxylic acids is 3. The minimum Gasteiger partial charge on any atom is -0.479 e. The lowest BCUT2D eigenvalue weighted by atomic mass is 9.98. The number of hydrogen-bond acceptors (Lipinski definition) is 11. The van der Waals surface area contributed by atoms with Crippen molar-refractivity contribution in [1.29, 1.82) is 0 Å². The Balaban J connectivity index is 2.64. The molecule has 0 aromatic rings. The van der Waals surface area contributed by atoms with Crippen LogP contribution in [0.2, 0.25) is 0 Å². The topological polar surface area (TPSA) is 175 Å². The van der Waals surface area contributed by atoms with Crippen LogP contribution in [0.3, 0.4) is 0 Å². The van der Waals surface area contributed by atoms with Gasteiger partial charge in [0.05, 0.1) is 6.61 Å². The van der Waals surface area contributed by atoms with Crippen molar-refractivity contribution >= 4 is 23.9 Å². The molecule has 3 N–H and O–H groups in total. The fourth-order valence-electron chi connectivity index (χ4n) is 9.95. The molecule has 440 valence electrons. The smallest absolute Gasteiger partial charge is 0.335 e. The molecule has 75 heavy (non-hydrogen) atoms. The van der Waals surface area contributed by atoms with Gasteiger partial charge in [-0.2, -0.15) is 0 Å². The number of aliphatic hydroxyl groups excluding tert-OH is 2. The molecule has 1 heterocycles. The van der Waals surface area contributed by atoms with Crippen LogP contribution in [-0.2, 0) is 42.9 Å². The zero-order chi connectivity index (χ0) is 54.7. The summed E-state index contributed by atoms with van der Waals surface area (Å²) in [5, 5.41) is 31.5. The summed E-state index contributed by atoms with van der Waals surface area (Å²) in [4.78, 5) is 51.2. The molecule has 1 fully saturated rings. The van der Waals surface area contributed by atoms with Crippen molar-refractivity contribution in [3.05, 3.63) is 12.2 Å². The number of aliphatic carboxylic acids is 1. The Morgan fingerprint density at radius 1 is 0.427 bits per heavy atom. The molecule has 0 aromatic carbocycles. The van der Waals surface area contributed by atoms with Crippen LogP contribution in [-0.4, -0.2) is 89.2 Å². The number of carbonyl (C=O) groups is 4. The number of carboxylic acid groups (broad SMARTS) is 1. The summed E-state index contributed by atoms with van der Waals surface area (Å²) in [6.07, 6.45) is 46.0. The first kappa shape index (κ1) is 70.5. The van der Waals surface area contributed by atoms with Crippen LogP contribution in [0, 0.1) is 0 Å². The Morgan fingerprint density at radius 2 is 0.760 bits per heavy atom. The zero-order valence-electron chi connectivity index (χ0n) is 48.6. The number of allylic oxidation sites excluding steroid dienone is 2. The van der Waals surface area contributed by atoms with Crippen molar-refractivity contribution in [3.63, 3.8) is 0 Å². The Hall–Kier alpha value is -2.54. The summed E-state index contributed by atoms with van der Waals surface area (Å²) in [7, 11) is 0. The van der Waals surface area contributed by atoms with Gasteiger partial charge in [-0.05, 0) is 44.9 Å². The molecule has 0 saturated carbocycles. The fraction of sp³-hybridized carbons (Fsp3) is 0.905. The molecule has 0 aliphatic carbocycles. The van der Waals surface area contributed by atoms with Crippen LogP contribution in [0.4, 0.5) is 0 Å². The highest BCUT2D eigenvalue weighted by atomic mass is 16.7. The molecule has 6 unspecified atom stereocenters. The lowest BCUT2D eigenvalue weighted by Crippen LogP contribution is -2.61. The third kappa shape index (κ3) is 42.1. The minimum absolute atomic E-state index is 0.0687. The number of ether oxygens (including phenoxy) is 5. The van der Waals surface area contributed by atoms with Gasteiger partial charge in [-0.3, -0.25) is 14.4 Å². The molecule has 0 bridgehead atoms. The lowest BCUT2D eigenvalue weighted by Gasteiger charge is -2.40. The van der Waals surface area contributed by atoms with Gasteiger partial charge < -0.3 is 39.0 Å². The number of esters is 3. The molecular formula is C63H116O12. The molecule has 1 rings (SSSR count). The fourth-order valence-corrected chi connectivity index (χ4v) is 9.95. The van der Waals surface area contributed by atoms with E-state index in [1.165, 1.54) is 193 Å². The Kier molecular flexibility index (Phi) is 49.0. The summed E-state index contributed by atoms with van der Waals surface area (Å²) in [5.74, 6) is -3.08. The predicted octanol–water partition coefficient (Wildman–Crippen LogP) is 16.5. The highest BCUT2D eigenvalue weighted by molar-refractivity contribution is 5.74. The van der Waals surface area contributed by atoms with E-state index < -0.39 is 67.3 Å². The van der Waals surface area contributed by atoms with Crippen molar-refractivity contribution in [1.82, 2.24) is 0 Å². The third-order valence-electron chi connectivity index (χ3n) is 14.8. The summed E-state index contributed by atoms with van der Waals surface area (Å²) >= 11 is 0. The van der Waals surface area contributed by atoms with Crippen molar-refractivity contribution in [2.24, 2.45) is 0 Å². The number of aliphatic hydroxyl groups is 2. The molecular weight excluding hydrogens is 949 g/mol. The molecule has 1 aliphatic heterocycles. The maximum atomic E-state index is 13.2. The van der Waals surface area contributed by atoms with Gasteiger partial charge in [0, 0.05) is 19.3 Å². The van der Waals surface area contributed by atoms with Gasteiger partial charge in [-0.1, -0.05) is 264 Å². The minimum atomic E-state index is -1.90. The van der Waals surface area contributed by atoms with E-state index in [0.29, 0.717) is 19.3 Å². The average Bonchev–Trinajstić information content (AvgIpc) is 3.39. The van der Waals surface area contributed by atoms with Gasteiger partial charge in [-0.15, -0.1) is 0 Å². The Bertz CT molecular complexity index is 1360. The first-order valence-electron chi connectivity index (χ1n) is 31.7. The Labute approximate surface area is 458 Å². The van der Waals surface area contributed by atoms with E-state index >= 15 is 0 Å². The molecule has 6 atom stereocenters. The van der Waals surface area contributed by atoms with Gasteiger partial charge in [0.2, 0.25) is 0 Å². The lowest BCUT2D eigenvalue weighted by molar-refractivity contribution is -0.301. The van der Waals surface area contributed by atoms with Gasteiger partial charge in [-0.25, -0.2) is 4.79 Å². The average molecular weight is 1070 g/mol. The maximum Gasteiger partial charge on any atom is 0.335 e. The first-order valence-corrected chi connectivity index (χ1v) is 31.7. The van der Waals surface area contributed by atoms with Crippen LogP contribution >= 0.6 is 0 Å². The van der Waals surface area contributed by atoms with E-state index in [1.54, 1.807) is 0 Å². The standard InChI is InChI=1S/C63H116O12/c1-4-7-10-13-16-19-22-25-27-28-30-32-34-37-40-43-46-49-55(64)71-52-54(73-56(65)50-47-44-41-38-35-31-24-21-18-15-12-9-6-3)53-72-63-61(59(68)58(67)60(75-63)62(69)70)74-57(66)51-48-45-42-39-36-33-29-26-23-20-17-14-11-8-5-2/h25,27,54,58-61,63,67-68H,4-24,26,28-53H2,1-3H3,(H,69,70)/b27-25-. The second-order valence-corrected chi connectivity index (χ2v) is 22.1. The van der Waals surface area contributed by atoms with Crippen molar-refractivity contribution < 1.29 is 58.2 Å². The number of hydrogen-bond donors (Lipinski definition) is 3. The third-order valence-corrected chi connectivity index (χ3v) is 14.8. The van der Waals surface area contributed by atoms with Gasteiger partial charge in [0.15, 0.2) is 24.6 Å². The molecule has 1 saturated heterocycles. The van der Waals surface area contributed by atoms with Gasteiger partial charge in [0.25, 0.3) is 0 Å². The van der Waals surface area contributed by atoms with Crippen molar-refractivity contribution in [2.75, 3.05) is 13.2 Å². The molecule has 12 heteroatoms. The first-order chi connectivity index (χ1) is 36.6. The zero-order valence-corrected chi connectivity index (χ0v) is 48.6. The van der Waals surface area contributed by atoms with E-state index in [4.69, 9.17) is 23.7 Å². The van der Waals surface area contributed by atoms with E-state index in [2.05, 4.69) is 32.9 Å². The quantitative estimate of drug-likeness (QED) is 0.0228. The molecule has 12 nitrogen and oxygen atoms in total. The van der Waals surface area contributed by atoms with Gasteiger partial charge >= 0.3 is 23.9 Å². The SMILES string of the molecule is CCCCCCCC/C=C\CCCCCCCCCC(=O)OCC(COC1OC(C(=O)O)C(O)C(O)C1OC(=O)CCCCCCCCCCCCCCCCC)OC(=O)CCCCCCCCCCCCCCC. The number of carboxylic acids is 1. The van der Waals surface area contributed by atoms with Crippen LogP contribution in [0.25, 0.3) is 0 Å². The van der Waals surface area contributed by atoms with Crippen LogP contribution < -0.4 is 0 Å². The normalized spacial score (nSPS) is 18.1. The largest absolute Gasteiger partial charge is 0.479 e. The van der Waals surface area contributed by atoms with E-state index in [0.717, 1.165) is 64.2 Å². The van der Waals surface area contributed by atoms with Crippen LogP contribution in [0.1, 0.15) is 316 Å². The number of unbranched alkanes of at least 4 members (excludes halogenated alkanes) is 39. The van der Waals surface area contributed by atoms with E-state index in [1.807, 2.05) is 0 Å². The van der Waals surface area contributed by atoms with E-state index in [-0.39, 0.29) is 25.9 Å². The maximum absolute atomic E-state index is 13.2. The molecule has 0 radical (unpaired) electrons. The van der Waals surface area contributed by atoms with Crippen LogP contribution in [0.5, 0.6) is 0 Å². The molecule has 0 spiro atoms. The summed E-state index contributed by atoms with van der Waals surface area (Å²) in [5.41, 5.74) is 0. The molecule has 0 aromatic heterocycles. The highest BCUT2D eigenvalue weighted by Crippen LogP contribution is 2.27. The van der Waals surface area contributed by atoms with Gasteiger partial charge in [0.1, 0.15) is 18.8 Å². The monoisotopic (exact) mass is 1060 g/mol. The summed E-state index contributed by atoms with van der Waals surface area (Å²) in [6.45, 7) is 6.03. The summed E-state index contributed by atoms with van der Waals surface area (Å²) < 4.78 is 28.5. The second kappa shape index (κ2) is 52.2. The second-order valence-electron chi connectivity index (χ2n) is 22.1. The summed E-state index contributed by atoms with van der Waals surface area (Å²) in [6, 6.07) is 0. The molecule has 0 amide bonds. The van der Waals surface area contributed by atoms with E-state index in [9.17, 15) is 34.5 Å². The Morgan fingerprint density at radius 3 is 1.13 bits per heavy atom.